The molecule has 0 unspecified atom stereocenters. The lowest BCUT2D eigenvalue weighted by atomic mass is 10.0. The number of halogens is 1. The molecule has 4 aromatic rings. The third-order valence-corrected chi connectivity index (χ3v) is 4.53. The van der Waals surface area contributed by atoms with Crippen LogP contribution in [0.4, 0.5) is 10.6 Å². The summed E-state index contributed by atoms with van der Waals surface area (Å²) in [5.74, 6) is 0.0115. The van der Waals surface area contributed by atoms with Crippen LogP contribution in [0.2, 0.25) is 5.02 Å². The van der Waals surface area contributed by atoms with E-state index in [1.54, 1.807) is 12.3 Å². The van der Waals surface area contributed by atoms with Crippen LogP contribution in [0.3, 0.4) is 0 Å². The summed E-state index contributed by atoms with van der Waals surface area (Å²) in [6.07, 6.45) is 0.907. The summed E-state index contributed by atoms with van der Waals surface area (Å²) in [4.78, 5) is 20.7. The molecule has 2 N–H and O–H groups in total. The van der Waals surface area contributed by atoms with E-state index in [1.165, 1.54) is 7.11 Å². The molecule has 2 aromatic carbocycles. The molecule has 9 heteroatoms. The van der Waals surface area contributed by atoms with Gasteiger partial charge in [0.05, 0.1) is 35.2 Å². The van der Waals surface area contributed by atoms with Crippen LogP contribution in [0.15, 0.2) is 48.7 Å². The number of ether oxygens (including phenoxy) is 1. The number of benzene rings is 2. The predicted molar refractivity (Wildman–Crippen MR) is 108 cm³/mol. The highest BCUT2D eigenvalue weighted by Crippen LogP contribution is 2.35. The highest BCUT2D eigenvalue weighted by Gasteiger charge is 2.19. The number of hydrogen-bond acceptors (Lipinski definition) is 6. The van der Waals surface area contributed by atoms with Crippen LogP contribution in [0.5, 0.6) is 0 Å². The van der Waals surface area contributed by atoms with Crippen molar-refractivity contribution in [3.8, 4) is 28.6 Å². The quantitative estimate of drug-likeness (QED) is 0.523. The van der Waals surface area contributed by atoms with E-state index in [1.807, 2.05) is 42.5 Å². The van der Waals surface area contributed by atoms with Gasteiger partial charge in [-0.15, -0.1) is 0 Å². The maximum atomic E-state index is 11.7. The van der Waals surface area contributed by atoms with Gasteiger partial charge in [-0.25, -0.2) is 14.8 Å². The summed E-state index contributed by atoms with van der Waals surface area (Å²) >= 11 is 6.39. The van der Waals surface area contributed by atoms with Crippen molar-refractivity contribution in [1.29, 1.82) is 5.26 Å². The highest BCUT2D eigenvalue weighted by atomic mass is 35.5. The maximum absolute atomic E-state index is 11.7. The molecule has 0 saturated carbocycles. The Balaban J connectivity index is 1.98. The van der Waals surface area contributed by atoms with Crippen molar-refractivity contribution in [2.75, 3.05) is 12.4 Å². The molecule has 2 aromatic heterocycles. The molecule has 0 aliphatic carbocycles. The zero-order valence-corrected chi connectivity index (χ0v) is 15.9. The van der Waals surface area contributed by atoms with Crippen molar-refractivity contribution in [3.05, 3.63) is 59.4 Å². The number of nitrogens with one attached hydrogen (secondary N) is 2. The number of methoxy groups -OCH3 is 1. The number of nitrogens with zero attached hydrogens (tertiary/aromatic N) is 4. The van der Waals surface area contributed by atoms with Gasteiger partial charge in [-0.2, -0.15) is 10.4 Å². The van der Waals surface area contributed by atoms with Crippen LogP contribution in [0, 0.1) is 11.3 Å². The van der Waals surface area contributed by atoms with Gasteiger partial charge in [0.25, 0.3) is 0 Å². The second kappa shape index (κ2) is 7.58. The van der Waals surface area contributed by atoms with Gasteiger partial charge in [-0.1, -0.05) is 41.9 Å². The second-order valence-electron chi connectivity index (χ2n) is 6.00. The molecule has 0 radical (unpaired) electrons. The van der Waals surface area contributed by atoms with Gasteiger partial charge in [0.1, 0.15) is 6.07 Å². The number of aromatic amines is 1. The van der Waals surface area contributed by atoms with E-state index in [-0.39, 0.29) is 11.5 Å². The van der Waals surface area contributed by atoms with Gasteiger partial charge < -0.3 is 4.74 Å². The summed E-state index contributed by atoms with van der Waals surface area (Å²) in [5, 5.41) is 20.1. The smallest absolute Gasteiger partial charge is 0.412 e. The Kier molecular flexibility index (Phi) is 4.81. The van der Waals surface area contributed by atoms with Crippen molar-refractivity contribution >= 4 is 34.4 Å². The van der Waals surface area contributed by atoms with Gasteiger partial charge >= 0.3 is 6.09 Å². The number of carbonyl (C=O) groups is 1. The molecular weight excluding hydrogens is 392 g/mol. The summed E-state index contributed by atoms with van der Waals surface area (Å²) in [6, 6.07) is 14.9. The molecule has 0 bridgehead atoms. The number of H-pyrrole nitrogens is 1. The minimum Gasteiger partial charge on any atom is -0.453 e. The van der Waals surface area contributed by atoms with Crippen LogP contribution in [-0.2, 0) is 4.74 Å². The first-order valence-corrected chi connectivity index (χ1v) is 8.84. The molecule has 29 heavy (non-hydrogen) atoms. The van der Waals surface area contributed by atoms with Crippen LogP contribution in [0.1, 0.15) is 5.69 Å². The van der Waals surface area contributed by atoms with Crippen LogP contribution >= 0.6 is 11.6 Å². The largest absolute Gasteiger partial charge is 0.453 e. The highest BCUT2D eigenvalue weighted by molar-refractivity contribution is 6.35. The van der Waals surface area contributed by atoms with E-state index in [2.05, 4.69) is 30.2 Å². The maximum Gasteiger partial charge on any atom is 0.412 e. The Bertz CT molecular complexity index is 1260. The molecule has 0 saturated heterocycles. The minimum atomic E-state index is -0.745. The van der Waals surface area contributed by atoms with Crippen molar-refractivity contribution in [2.24, 2.45) is 0 Å². The molecule has 0 fully saturated rings. The van der Waals surface area contributed by atoms with E-state index >= 15 is 0 Å². The van der Waals surface area contributed by atoms with Gasteiger partial charge in [-0.05, 0) is 12.1 Å². The molecule has 8 nitrogen and oxygen atoms in total. The van der Waals surface area contributed by atoms with Crippen LogP contribution in [0.25, 0.3) is 33.4 Å². The Labute approximate surface area is 170 Å². The first-order valence-electron chi connectivity index (χ1n) is 8.46. The number of hydrogen-bond donors (Lipinski definition) is 2. The number of rotatable bonds is 3. The molecular formula is C20H13ClN6O2. The summed E-state index contributed by atoms with van der Waals surface area (Å²) < 4.78 is 4.61. The molecule has 0 aliphatic heterocycles. The number of aromatic nitrogens is 4. The number of amides is 1. The Morgan fingerprint density at radius 2 is 1.93 bits per heavy atom. The Morgan fingerprint density at radius 3 is 2.66 bits per heavy atom. The van der Waals surface area contributed by atoms with E-state index in [4.69, 9.17) is 11.6 Å². The predicted octanol–water partition coefficient (Wildman–Crippen LogP) is 4.39. The van der Waals surface area contributed by atoms with Crippen molar-refractivity contribution in [3.63, 3.8) is 0 Å². The first-order chi connectivity index (χ1) is 14.1. The Morgan fingerprint density at radius 1 is 1.17 bits per heavy atom. The van der Waals surface area contributed by atoms with Crippen LogP contribution in [-0.4, -0.2) is 33.4 Å². The summed E-state index contributed by atoms with van der Waals surface area (Å²) in [7, 11) is 1.23. The topological polar surface area (TPSA) is 117 Å². The Hall–Kier alpha value is -3.96. The lowest BCUT2D eigenvalue weighted by molar-refractivity contribution is 0.187. The summed E-state index contributed by atoms with van der Waals surface area (Å²) in [5.41, 5.74) is 3.01. The van der Waals surface area contributed by atoms with E-state index in [0.717, 1.165) is 10.9 Å². The van der Waals surface area contributed by atoms with Gasteiger partial charge in [0, 0.05) is 16.5 Å². The second-order valence-corrected chi connectivity index (χ2v) is 6.41. The molecule has 4 rings (SSSR count). The lowest BCUT2D eigenvalue weighted by Gasteiger charge is -2.13. The third kappa shape index (κ3) is 3.47. The zero-order chi connectivity index (χ0) is 20.4. The lowest BCUT2D eigenvalue weighted by Crippen LogP contribution is -2.15. The molecule has 0 aliphatic rings. The first kappa shape index (κ1) is 18.4. The van der Waals surface area contributed by atoms with E-state index in [9.17, 15) is 10.1 Å². The average Bonchev–Trinajstić information content (AvgIpc) is 3.23. The van der Waals surface area contributed by atoms with Crippen molar-refractivity contribution in [2.45, 2.75) is 0 Å². The summed E-state index contributed by atoms with van der Waals surface area (Å²) in [6.45, 7) is 0. The monoisotopic (exact) mass is 404 g/mol. The van der Waals surface area contributed by atoms with E-state index in [0.29, 0.717) is 27.5 Å². The van der Waals surface area contributed by atoms with Gasteiger partial charge in [-0.3, -0.25) is 10.4 Å². The molecule has 1 amide bonds. The zero-order valence-electron chi connectivity index (χ0n) is 15.1. The molecule has 0 atom stereocenters. The fourth-order valence-corrected chi connectivity index (χ4v) is 3.17. The standard InChI is InChI=1S/C20H13ClN6O2/c1-29-20(28)26-19-15(9-22)24-18(17(25-19)11-5-3-2-4-6-11)12-7-13-10-23-27-16(13)14(21)8-12/h2-8,10H,1H3,(H,23,27)(H,25,26,28). The number of anilines is 1. The molecule has 142 valence electrons. The van der Waals surface area contributed by atoms with Gasteiger partial charge in [0.2, 0.25) is 0 Å². The number of nitriles is 1. The van der Waals surface area contributed by atoms with Gasteiger partial charge in [0.15, 0.2) is 11.5 Å². The third-order valence-electron chi connectivity index (χ3n) is 4.23. The fraction of sp³-hybridized carbons (Fsp3) is 0.0500. The molecule has 2 heterocycles. The SMILES string of the molecule is COC(=O)Nc1nc(-c2ccccc2)c(-c2cc(Cl)c3[nH]ncc3c2)nc1C#N. The fourth-order valence-electron chi connectivity index (χ4n) is 2.90. The van der Waals surface area contributed by atoms with Crippen molar-refractivity contribution in [1.82, 2.24) is 20.2 Å². The van der Waals surface area contributed by atoms with Crippen LogP contribution < -0.4 is 5.32 Å². The normalized spacial score (nSPS) is 10.5. The number of carbonyl (C=O) groups excluding carboxylic acids is 1. The minimum absolute atomic E-state index is 0.0115. The average molecular weight is 405 g/mol. The van der Waals surface area contributed by atoms with Crippen molar-refractivity contribution < 1.29 is 9.53 Å². The van der Waals surface area contributed by atoms with E-state index < -0.39 is 6.09 Å². The molecule has 0 spiro atoms. The number of fused-ring (bicyclic) bond motifs is 1.